The van der Waals surface area contributed by atoms with Gasteiger partial charge in [0.05, 0.1) is 11.5 Å². The zero-order chi connectivity index (χ0) is 20.7. The van der Waals surface area contributed by atoms with E-state index in [1.54, 1.807) is 24.3 Å². The van der Waals surface area contributed by atoms with Crippen LogP contribution in [0.4, 0.5) is 5.69 Å². The van der Waals surface area contributed by atoms with Crippen LogP contribution in [0.25, 0.3) is 0 Å². The molecule has 1 heterocycles. The summed E-state index contributed by atoms with van der Waals surface area (Å²) >= 11 is 0. The Kier molecular flexibility index (Phi) is 7.56. The van der Waals surface area contributed by atoms with Gasteiger partial charge in [-0.15, -0.1) is 0 Å². The highest BCUT2D eigenvalue weighted by Crippen LogP contribution is 2.28. The third kappa shape index (κ3) is 5.97. The van der Waals surface area contributed by atoms with Gasteiger partial charge in [0.1, 0.15) is 5.75 Å². The van der Waals surface area contributed by atoms with Gasteiger partial charge in [-0.3, -0.25) is 4.72 Å². The van der Waals surface area contributed by atoms with Gasteiger partial charge in [0.15, 0.2) is 0 Å². The van der Waals surface area contributed by atoms with Crippen molar-refractivity contribution in [1.29, 1.82) is 0 Å². The van der Waals surface area contributed by atoms with Gasteiger partial charge in [0, 0.05) is 12.2 Å². The van der Waals surface area contributed by atoms with Crippen molar-refractivity contribution >= 4 is 15.7 Å². The molecule has 1 fully saturated rings. The van der Waals surface area contributed by atoms with Gasteiger partial charge in [-0.25, -0.2) is 8.42 Å². The summed E-state index contributed by atoms with van der Waals surface area (Å²) < 4.78 is 33.6. The smallest absolute Gasteiger partial charge is 0.261 e. The molecular formula is C23H32N2O3S. The van der Waals surface area contributed by atoms with Gasteiger partial charge in [-0.2, -0.15) is 0 Å². The van der Waals surface area contributed by atoms with Crippen molar-refractivity contribution in [2.45, 2.75) is 50.3 Å². The topological polar surface area (TPSA) is 58.6 Å². The molecule has 1 aliphatic heterocycles. The maximum absolute atomic E-state index is 12.7. The monoisotopic (exact) mass is 416 g/mol. The van der Waals surface area contributed by atoms with E-state index in [9.17, 15) is 8.42 Å². The van der Waals surface area contributed by atoms with Crippen LogP contribution >= 0.6 is 0 Å². The molecule has 0 aliphatic carbocycles. The molecule has 0 saturated carbocycles. The van der Waals surface area contributed by atoms with Crippen LogP contribution in [-0.4, -0.2) is 39.6 Å². The number of benzene rings is 2. The molecule has 6 heteroatoms. The molecule has 1 N–H and O–H groups in total. The van der Waals surface area contributed by atoms with Crippen LogP contribution < -0.4 is 9.46 Å². The third-order valence-electron chi connectivity index (χ3n) is 5.35. The van der Waals surface area contributed by atoms with Crippen LogP contribution in [0.5, 0.6) is 5.75 Å². The molecule has 1 atom stereocenters. The van der Waals surface area contributed by atoms with E-state index in [0.717, 1.165) is 38.9 Å². The van der Waals surface area contributed by atoms with Crippen LogP contribution in [0, 0.1) is 0 Å². The van der Waals surface area contributed by atoms with E-state index in [1.165, 1.54) is 12.0 Å². The van der Waals surface area contributed by atoms with E-state index < -0.39 is 10.0 Å². The molecule has 2 aromatic carbocycles. The zero-order valence-electron chi connectivity index (χ0n) is 17.4. The predicted octanol–water partition coefficient (Wildman–Crippen LogP) is 4.87. The quantitative estimate of drug-likeness (QED) is 0.562. The first-order chi connectivity index (χ1) is 14.0. The first-order valence-electron chi connectivity index (χ1n) is 10.6. The number of rotatable bonds is 10. The van der Waals surface area contributed by atoms with Gasteiger partial charge in [-0.05, 0) is 80.2 Å². The summed E-state index contributed by atoms with van der Waals surface area (Å²) in [4.78, 5) is 2.73. The molecule has 0 radical (unpaired) electrons. The Bertz CT molecular complexity index is 864. The van der Waals surface area contributed by atoms with E-state index in [-0.39, 0.29) is 4.90 Å². The molecule has 29 heavy (non-hydrogen) atoms. The molecule has 0 spiro atoms. The van der Waals surface area contributed by atoms with Gasteiger partial charge < -0.3 is 9.64 Å². The Morgan fingerprint density at radius 3 is 2.41 bits per heavy atom. The number of nitrogens with one attached hydrogen (secondary N) is 1. The summed E-state index contributed by atoms with van der Waals surface area (Å²) in [6.07, 6.45) is 4.39. The Balaban J connectivity index is 1.60. The molecule has 1 aliphatic rings. The first kappa shape index (κ1) is 21.7. The van der Waals surface area contributed by atoms with Gasteiger partial charge >= 0.3 is 0 Å². The normalized spacial score (nSPS) is 17.4. The van der Waals surface area contributed by atoms with Crippen molar-refractivity contribution in [3.05, 3.63) is 54.1 Å². The molecule has 0 bridgehead atoms. The minimum Gasteiger partial charge on any atom is -0.494 e. The van der Waals surface area contributed by atoms with Gasteiger partial charge in [0.2, 0.25) is 0 Å². The zero-order valence-corrected chi connectivity index (χ0v) is 18.2. The largest absolute Gasteiger partial charge is 0.494 e. The number of likely N-dealkylation sites (tertiary alicyclic amines) is 1. The van der Waals surface area contributed by atoms with Crippen LogP contribution in [0.15, 0.2) is 53.4 Å². The molecule has 3 rings (SSSR count). The Morgan fingerprint density at radius 1 is 1.03 bits per heavy atom. The maximum Gasteiger partial charge on any atom is 0.261 e. The fraction of sp³-hybridized carbons (Fsp3) is 0.478. The van der Waals surface area contributed by atoms with E-state index in [1.807, 2.05) is 24.3 Å². The Hall–Kier alpha value is -2.05. The molecule has 5 nitrogen and oxygen atoms in total. The average Bonchev–Trinajstić information content (AvgIpc) is 3.18. The van der Waals surface area contributed by atoms with E-state index in [2.05, 4.69) is 23.5 Å². The lowest BCUT2D eigenvalue weighted by atomic mass is 9.98. The van der Waals surface area contributed by atoms with Crippen LogP contribution in [0.1, 0.15) is 51.0 Å². The minimum absolute atomic E-state index is 0.232. The van der Waals surface area contributed by atoms with Crippen molar-refractivity contribution in [3.63, 3.8) is 0 Å². The van der Waals surface area contributed by atoms with Gasteiger partial charge in [-0.1, -0.05) is 32.4 Å². The summed E-state index contributed by atoms with van der Waals surface area (Å²) in [7, 11) is -3.62. The Morgan fingerprint density at radius 2 is 1.76 bits per heavy atom. The fourth-order valence-electron chi connectivity index (χ4n) is 3.71. The number of ether oxygens (including phenoxy) is 1. The predicted molar refractivity (Wildman–Crippen MR) is 118 cm³/mol. The lowest BCUT2D eigenvalue weighted by Gasteiger charge is -2.15. The molecule has 0 amide bonds. The number of sulfonamides is 1. The SMILES string of the molecule is CCCCOc1ccc(S(=O)(=O)Nc2ccc(C3CCN(CCC)C3)cc2)cc1. The third-order valence-corrected chi connectivity index (χ3v) is 6.74. The number of hydrogen-bond donors (Lipinski definition) is 1. The summed E-state index contributed by atoms with van der Waals surface area (Å²) in [5.41, 5.74) is 1.86. The highest BCUT2D eigenvalue weighted by atomic mass is 32.2. The molecule has 1 unspecified atom stereocenters. The molecule has 2 aromatic rings. The maximum atomic E-state index is 12.7. The fourth-order valence-corrected chi connectivity index (χ4v) is 4.77. The lowest BCUT2D eigenvalue weighted by Crippen LogP contribution is -2.20. The van der Waals surface area contributed by atoms with Crippen LogP contribution in [-0.2, 0) is 10.0 Å². The second-order valence-electron chi connectivity index (χ2n) is 7.69. The molecule has 158 valence electrons. The van der Waals surface area contributed by atoms with Crippen molar-refractivity contribution in [1.82, 2.24) is 4.90 Å². The number of anilines is 1. The van der Waals surface area contributed by atoms with Crippen molar-refractivity contribution in [3.8, 4) is 5.75 Å². The van der Waals surface area contributed by atoms with Crippen molar-refractivity contribution < 1.29 is 13.2 Å². The highest BCUT2D eigenvalue weighted by Gasteiger charge is 2.23. The number of unbranched alkanes of at least 4 members (excludes halogenated alkanes) is 1. The summed E-state index contributed by atoms with van der Waals surface area (Å²) in [6, 6.07) is 14.4. The van der Waals surface area contributed by atoms with E-state index in [4.69, 9.17) is 4.74 Å². The van der Waals surface area contributed by atoms with E-state index in [0.29, 0.717) is 24.0 Å². The van der Waals surface area contributed by atoms with Crippen molar-refractivity contribution in [2.24, 2.45) is 0 Å². The van der Waals surface area contributed by atoms with E-state index >= 15 is 0 Å². The summed E-state index contributed by atoms with van der Waals surface area (Å²) in [5, 5.41) is 0. The standard InChI is InChI=1S/C23H32N2O3S/c1-3-5-17-28-22-10-12-23(13-11-22)29(26,27)24-21-8-6-19(7-9-21)20-14-16-25(18-20)15-4-2/h6-13,20,24H,3-5,14-18H2,1-2H3. The highest BCUT2D eigenvalue weighted by molar-refractivity contribution is 7.92. The van der Waals surface area contributed by atoms with Crippen LogP contribution in [0.3, 0.4) is 0 Å². The average molecular weight is 417 g/mol. The first-order valence-corrected chi connectivity index (χ1v) is 12.1. The second-order valence-corrected chi connectivity index (χ2v) is 9.37. The summed E-state index contributed by atoms with van der Waals surface area (Å²) in [5.74, 6) is 1.22. The number of nitrogens with zero attached hydrogens (tertiary/aromatic N) is 1. The second kappa shape index (κ2) is 10.1. The molecule has 1 saturated heterocycles. The number of hydrogen-bond acceptors (Lipinski definition) is 4. The summed E-state index contributed by atoms with van der Waals surface area (Å²) in [6.45, 7) is 8.34. The van der Waals surface area contributed by atoms with Crippen molar-refractivity contribution in [2.75, 3.05) is 31.0 Å². The lowest BCUT2D eigenvalue weighted by molar-refractivity contribution is 0.309. The Labute approximate surface area is 175 Å². The van der Waals surface area contributed by atoms with Crippen LogP contribution in [0.2, 0.25) is 0 Å². The molecule has 0 aromatic heterocycles. The van der Waals surface area contributed by atoms with Gasteiger partial charge in [0.25, 0.3) is 10.0 Å². The minimum atomic E-state index is -3.62. The molecular weight excluding hydrogens is 384 g/mol.